The van der Waals surface area contributed by atoms with Crippen LogP contribution in [0.25, 0.3) is 0 Å². The Morgan fingerprint density at radius 2 is 1.65 bits per heavy atom. The zero-order chi connectivity index (χ0) is 16.6. The summed E-state index contributed by atoms with van der Waals surface area (Å²) < 4.78 is 0. The van der Waals surface area contributed by atoms with Crippen molar-refractivity contribution in [2.45, 2.75) is 0 Å². The zero-order valence-electron chi connectivity index (χ0n) is 12.2. The molecule has 0 fully saturated rings. The number of fused-ring (bicyclic) bond motifs is 1. The highest BCUT2D eigenvalue weighted by Gasteiger charge is 2.36. The predicted molar refractivity (Wildman–Crippen MR) is 88.3 cm³/mol. The van der Waals surface area contributed by atoms with E-state index in [-0.39, 0.29) is 21.7 Å². The molecule has 0 amide bonds. The van der Waals surface area contributed by atoms with Crippen LogP contribution >= 0.6 is 11.6 Å². The SMILES string of the molecule is CNc1cccc2c1C(=O)C(C(=O)c1ccccc1)=C(Cl)C2=O. The second kappa shape index (κ2) is 5.82. The van der Waals surface area contributed by atoms with Gasteiger partial charge in [-0.1, -0.05) is 54.1 Å². The monoisotopic (exact) mass is 325 g/mol. The van der Waals surface area contributed by atoms with Crippen molar-refractivity contribution in [1.82, 2.24) is 0 Å². The fraction of sp³-hybridized carbons (Fsp3) is 0.0556. The van der Waals surface area contributed by atoms with Crippen molar-refractivity contribution in [2.75, 3.05) is 12.4 Å². The number of carbonyl (C=O) groups is 3. The summed E-state index contributed by atoms with van der Waals surface area (Å²) in [6.07, 6.45) is 0. The second-order valence-corrected chi connectivity index (χ2v) is 5.40. The normalized spacial score (nSPS) is 13.8. The van der Waals surface area contributed by atoms with Gasteiger partial charge in [0.2, 0.25) is 11.6 Å². The summed E-state index contributed by atoms with van der Waals surface area (Å²) in [7, 11) is 1.64. The van der Waals surface area contributed by atoms with Crippen LogP contribution in [0.5, 0.6) is 0 Å². The molecule has 1 aliphatic rings. The van der Waals surface area contributed by atoms with Crippen molar-refractivity contribution >= 4 is 34.6 Å². The summed E-state index contributed by atoms with van der Waals surface area (Å²) in [5.41, 5.74) is 0.911. The number of carbonyl (C=O) groups excluding carboxylic acids is 3. The summed E-state index contributed by atoms with van der Waals surface area (Å²) in [6, 6.07) is 13.1. The Bertz CT molecular complexity index is 869. The van der Waals surface area contributed by atoms with Crippen molar-refractivity contribution in [3.05, 3.63) is 75.8 Å². The molecule has 0 unspecified atom stereocenters. The first-order chi connectivity index (χ1) is 11.1. The highest BCUT2D eigenvalue weighted by atomic mass is 35.5. The van der Waals surface area contributed by atoms with Crippen LogP contribution in [-0.4, -0.2) is 24.4 Å². The molecule has 114 valence electrons. The number of hydrogen-bond acceptors (Lipinski definition) is 4. The van der Waals surface area contributed by atoms with Crippen molar-refractivity contribution in [2.24, 2.45) is 0 Å². The van der Waals surface area contributed by atoms with E-state index in [0.29, 0.717) is 11.3 Å². The third-order valence-corrected chi connectivity index (χ3v) is 4.08. The van der Waals surface area contributed by atoms with Crippen molar-refractivity contribution in [3.8, 4) is 0 Å². The quantitative estimate of drug-likeness (QED) is 0.693. The Hall–Kier alpha value is -2.72. The van der Waals surface area contributed by atoms with Crippen LogP contribution < -0.4 is 5.32 Å². The highest BCUT2D eigenvalue weighted by molar-refractivity contribution is 6.54. The minimum atomic E-state index is -0.550. The van der Waals surface area contributed by atoms with E-state index in [0.717, 1.165) is 0 Å². The zero-order valence-corrected chi connectivity index (χ0v) is 13.0. The van der Waals surface area contributed by atoms with Crippen LogP contribution in [-0.2, 0) is 0 Å². The number of hydrogen-bond donors (Lipinski definition) is 1. The van der Waals surface area contributed by atoms with Gasteiger partial charge < -0.3 is 5.32 Å². The van der Waals surface area contributed by atoms with Crippen molar-refractivity contribution in [1.29, 1.82) is 0 Å². The lowest BCUT2D eigenvalue weighted by molar-refractivity contribution is 0.0932. The molecule has 4 nitrogen and oxygen atoms in total. The Morgan fingerprint density at radius 1 is 0.957 bits per heavy atom. The van der Waals surface area contributed by atoms with E-state index in [9.17, 15) is 14.4 Å². The lowest BCUT2D eigenvalue weighted by Gasteiger charge is -2.19. The molecule has 0 radical (unpaired) electrons. The summed E-state index contributed by atoms with van der Waals surface area (Å²) in [6.45, 7) is 0. The molecule has 23 heavy (non-hydrogen) atoms. The van der Waals surface area contributed by atoms with Crippen molar-refractivity contribution in [3.63, 3.8) is 0 Å². The number of rotatable bonds is 3. The van der Waals surface area contributed by atoms with E-state index in [4.69, 9.17) is 11.6 Å². The van der Waals surface area contributed by atoms with Gasteiger partial charge in [0.15, 0.2) is 5.78 Å². The standard InChI is InChI=1S/C18H12ClNO3/c1-20-12-9-5-8-11-13(12)18(23)14(15(19)17(11)22)16(21)10-6-3-2-4-7-10/h2-9,20H,1H3. The van der Waals surface area contributed by atoms with E-state index < -0.39 is 17.3 Å². The lowest BCUT2D eigenvalue weighted by Crippen LogP contribution is -2.26. The third kappa shape index (κ3) is 2.37. The van der Waals surface area contributed by atoms with Gasteiger partial charge in [-0.2, -0.15) is 0 Å². The minimum absolute atomic E-state index is 0.184. The Kier molecular flexibility index (Phi) is 3.84. The number of allylic oxidation sites excluding steroid dienone is 2. The molecular weight excluding hydrogens is 314 g/mol. The van der Waals surface area contributed by atoms with Gasteiger partial charge in [-0.05, 0) is 6.07 Å². The van der Waals surface area contributed by atoms with Crippen LogP contribution in [0, 0.1) is 0 Å². The molecule has 0 aliphatic heterocycles. The molecule has 0 aromatic heterocycles. The Balaban J connectivity index is 2.19. The van der Waals surface area contributed by atoms with Crippen molar-refractivity contribution < 1.29 is 14.4 Å². The van der Waals surface area contributed by atoms with E-state index in [2.05, 4.69) is 5.32 Å². The molecule has 0 bridgehead atoms. The molecule has 5 heteroatoms. The summed E-state index contributed by atoms with van der Waals surface area (Å²) in [4.78, 5) is 37.9. The number of nitrogens with one attached hydrogen (secondary N) is 1. The number of halogens is 1. The van der Waals surface area contributed by atoms with Gasteiger partial charge in [-0.15, -0.1) is 0 Å². The Morgan fingerprint density at radius 3 is 2.30 bits per heavy atom. The number of anilines is 1. The smallest absolute Gasteiger partial charge is 0.206 e. The largest absolute Gasteiger partial charge is 0.388 e. The number of benzene rings is 2. The summed E-state index contributed by atoms with van der Waals surface area (Å²) >= 11 is 6.06. The van der Waals surface area contributed by atoms with E-state index >= 15 is 0 Å². The van der Waals surface area contributed by atoms with Gasteiger partial charge in [-0.25, -0.2) is 0 Å². The Labute approximate surface area is 137 Å². The molecule has 0 atom stereocenters. The maximum Gasteiger partial charge on any atom is 0.206 e. The number of Topliss-reactive ketones (excluding diaryl/α,β-unsaturated/α-hetero) is 3. The first-order valence-electron chi connectivity index (χ1n) is 6.96. The van der Waals surface area contributed by atoms with E-state index in [1.807, 2.05) is 0 Å². The molecule has 3 rings (SSSR count). The number of ketones is 3. The third-order valence-electron chi connectivity index (χ3n) is 3.71. The average molecular weight is 326 g/mol. The van der Waals surface area contributed by atoms with Crippen LogP contribution in [0.15, 0.2) is 59.1 Å². The van der Waals surface area contributed by atoms with Gasteiger partial charge in [0.25, 0.3) is 0 Å². The van der Waals surface area contributed by atoms with Crippen LogP contribution in [0.2, 0.25) is 0 Å². The first-order valence-corrected chi connectivity index (χ1v) is 7.33. The molecule has 0 saturated heterocycles. The van der Waals surface area contributed by atoms with Gasteiger partial charge in [0, 0.05) is 23.9 Å². The average Bonchev–Trinajstić information content (AvgIpc) is 2.59. The van der Waals surface area contributed by atoms with Gasteiger partial charge >= 0.3 is 0 Å². The molecule has 0 spiro atoms. The van der Waals surface area contributed by atoms with E-state index in [1.165, 1.54) is 6.07 Å². The van der Waals surface area contributed by atoms with Crippen LogP contribution in [0.3, 0.4) is 0 Å². The molecule has 0 heterocycles. The molecule has 1 N–H and O–H groups in total. The topological polar surface area (TPSA) is 63.2 Å². The molecule has 2 aromatic rings. The van der Waals surface area contributed by atoms with Gasteiger partial charge in [0.1, 0.15) is 5.03 Å². The first kappa shape index (κ1) is 15.2. The summed E-state index contributed by atoms with van der Waals surface area (Å²) in [5.74, 6) is -1.61. The molecule has 1 aliphatic carbocycles. The predicted octanol–water partition coefficient (Wildman–Crippen LogP) is 3.48. The maximum atomic E-state index is 12.8. The van der Waals surface area contributed by atoms with Crippen LogP contribution in [0.4, 0.5) is 5.69 Å². The summed E-state index contributed by atoms with van der Waals surface area (Å²) in [5, 5.41) is 2.54. The fourth-order valence-electron chi connectivity index (χ4n) is 2.59. The van der Waals surface area contributed by atoms with Gasteiger partial charge in [0.05, 0.1) is 11.1 Å². The lowest BCUT2D eigenvalue weighted by atomic mass is 9.85. The highest BCUT2D eigenvalue weighted by Crippen LogP contribution is 2.34. The van der Waals surface area contributed by atoms with Crippen LogP contribution in [0.1, 0.15) is 31.1 Å². The van der Waals surface area contributed by atoms with Gasteiger partial charge in [-0.3, -0.25) is 14.4 Å². The van der Waals surface area contributed by atoms with E-state index in [1.54, 1.807) is 49.5 Å². The second-order valence-electron chi connectivity index (χ2n) is 5.02. The fourth-order valence-corrected chi connectivity index (χ4v) is 2.86. The molecular formula is C18H12ClNO3. The molecule has 2 aromatic carbocycles. The molecule has 0 saturated carbocycles. The minimum Gasteiger partial charge on any atom is -0.388 e. The maximum absolute atomic E-state index is 12.8.